The van der Waals surface area contributed by atoms with E-state index in [2.05, 4.69) is 30.6 Å². The highest BCUT2D eigenvalue weighted by Gasteiger charge is 2.29. The topological polar surface area (TPSA) is 106 Å². The lowest BCUT2D eigenvalue weighted by molar-refractivity contribution is -0.154. The Kier molecular flexibility index (Phi) is 7.08. The molecule has 0 saturated carbocycles. The molecule has 0 aromatic carbocycles. The van der Waals surface area contributed by atoms with Crippen LogP contribution >= 0.6 is 0 Å². The van der Waals surface area contributed by atoms with Crippen molar-refractivity contribution in [2.45, 2.75) is 39.4 Å². The summed E-state index contributed by atoms with van der Waals surface area (Å²) in [5, 5.41) is 12.7. The maximum atomic E-state index is 12.3. The molecule has 29 heavy (non-hydrogen) atoms. The quantitative estimate of drug-likeness (QED) is 0.725. The summed E-state index contributed by atoms with van der Waals surface area (Å²) in [6.45, 7) is 3.18. The van der Waals surface area contributed by atoms with Gasteiger partial charge in [0, 0.05) is 18.7 Å². The second kappa shape index (κ2) is 9.30. The number of aromatic nitrogens is 3. The lowest BCUT2D eigenvalue weighted by Gasteiger charge is -2.15. The summed E-state index contributed by atoms with van der Waals surface area (Å²) in [6.07, 6.45) is -3.07. The Morgan fingerprint density at radius 1 is 1.24 bits per heavy atom. The molecule has 0 spiro atoms. The Bertz CT molecular complexity index is 889. The van der Waals surface area contributed by atoms with Crippen LogP contribution in [0.25, 0.3) is 0 Å². The van der Waals surface area contributed by atoms with E-state index in [4.69, 9.17) is 0 Å². The van der Waals surface area contributed by atoms with Crippen LogP contribution in [-0.4, -0.2) is 39.8 Å². The Morgan fingerprint density at radius 3 is 2.59 bits per heavy atom. The number of amides is 2. The van der Waals surface area contributed by atoms with Gasteiger partial charge in [0.2, 0.25) is 17.7 Å². The third-order valence-electron chi connectivity index (χ3n) is 3.67. The number of nitrogens with zero attached hydrogens (tertiary/aromatic N) is 3. The zero-order valence-electron chi connectivity index (χ0n) is 16.0. The number of alkyl halides is 3. The summed E-state index contributed by atoms with van der Waals surface area (Å²) in [5.41, 5.74) is 1.37. The summed E-state index contributed by atoms with van der Waals surface area (Å²) >= 11 is 0. The van der Waals surface area contributed by atoms with E-state index in [0.29, 0.717) is 17.1 Å². The largest absolute Gasteiger partial charge is 0.467 e. The summed E-state index contributed by atoms with van der Waals surface area (Å²) < 4.78 is 41.3. The Labute approximate surface area is 164 Å². The molecule has 2 aromatic heterocycles. The van der Waals surface area contributed by atoms with Gasteiger partial charge in [-0.15, -0.1) is 5.10 Å². The fraction of sp³-hybridized carbons (Fsp3) is 0.389. The van der Waals surface area contributed by atoms with Crippen LogP contribution in [0.3, 0.4) is 0 Å². The molecule has 2 aromatic rings. The number of hydrogen-bond acceptors (Lipinski definition) is 6. The first-order valence-electron chi connectivity index (χ1n) is 8.59. The average molecular weight is 411 g/mol. The minimum Gasteiger partial charge on any atom is -0.467 e. The molecule has 2 rings (SSSR count). The van der Waals surface area contributed by atoms with Gasteiger partial charge in [0.1, 0.15) is 5.82 Å². The Balaban J connectivity index is 1.96. The van der Waals surface area contributed by atoms with Gasteiger partial charge >= 0.3 is 6.18 Å². The molecule has 0 bridgehead atoms. The number of halogens is 3. The third-order valence-corrected chi connectivity index (χ3v) is 3.67. The van der Waals surface area contributed by atoms with Gasteiger partial charge in [-0.05, 0) is 37.6 Å². The van der Waals surface area contributed by atoms with E-state index in [0.717, 1.165) is 5.56 Å². The van der Waals surface area contributed by atoms with Crippen molar-refractivity contribution in [1.29, 1.82) is 0 Å². The van der Waals surface area contributed by atoms with Gasteiger partial charge in [0.05, 0.1) is 18.2 Å². The first-order chi connectivity index (χ1) is 13.5. The molecule has 2 N–H and O–H groups in total. The SMILES string of the molecule is CC(=O)Nc1cc(C(C)NC(=O)Cc2cc(C)c(OCC(F)(F)F)nn2)ccn1. The molecule has 0 aliphatic carbocycles. The van der Waals surface area contributed by atoms with Crippen molar-refractivity contribution in [2.24, 2.45) is 0 Å². The highest BCUT2D eigenvalue weighted by molar-refractivity contribution is 5.87. The molecular weight excluding hydrogens is 391 g/mol. The van der Waals surface area contributed by atoms with Crippen molar-refractivity contribution in [3.8, 4) is 5.88 Å². The molecule has 1 unspecified atom stereocenters. The van der Waals surface area contributed by atoms with Crippen molar-refractivity contribution in [1.82, 2.24) is 20.5 Å². The predicted octanol–water partition coefficient (Wildman–Crippen LogP) is 2.50. The minimum atomic E-state index is -4.48. The Morgan fingerprint density at radius 2 is 1.97 bits per heavy atom. The van der Waals surface area contributed by atoms with Crippen LogP contribution in [0.4, 0.5) is 19.0 Å². The summed E-state index contributed by atoms with van der Waals surface area (Å²) in [5.74, 6) is -0.481. The number of carbonyl (C=O) groups excluding carboxylic acids is 2. The molecule has 0 fully saturated rings. The highest BCUT2D eigenvalue weighted by atomic mass is 19.4. The highest BCUT2D eigenvalue weighted by Crippen LogP contribution is 2.20. The van der Waals surface area contributed by atoms with Crippen LogP contribution in [0, 0.1) is 6.92 Å². The number of hydrogen-bond donors (Lipinski definition) is 2. The molecular formula is C18H20F3N5O3. The van der Waals surface area contributed by atoms with Crippen molar-refractivity contribution in [3.63, 3.8) is 0 Å². The maximum Gasteiger partial charge on any atom is 0.422 e. The molecule has 2 heterocycles. The molecule has 2 amide bonds. The smallest absolute Gasteiger partial charge is 0.422 e. The molecule has 1 atom stereocenters. The second-order valence-electron chi connectivity index (χ2n) is 6.35. The van der Waals surface area contributed by atoms with Gasteiger partial charge in [0.15, 0.2) is 6.61 Å². The fourth-order valence-corrected chi connectivity index (χ4v) is 2.41. The normalized spacial score (nSPS) is 12.2. The molecule has 0 aliphatic rings. The monoisotopic (exact) mass is 411 g/mol. The number of anilines is 1. The van der Waals surface area contributed by atoms with E-state index in [1.54, 1.807) is 19.1 Å². The average Bonchev–Trinajstić information content (AvgIpc) is 2.59. The second-order valence-corrected chi connectivity index (χ2v) is 6.35. The van der Waals surface area contributed by atoms with Crippen LogP contribution < -0.4 is 15.4 Å². The van der Waals surface area contributed by atoms with Crippen molar-refractivity contribution in [2.75, 3.05) is 11.9 Å². The van der Waals surface area contributed by atoms with E-state index < -0.39 is 12.8 Å². The summed E-state index contributed by atoms with van der Waals surface area (Å²) in [7, 11) is 0. The van der Waals surface area contributed by atoms with Gasteiger partial charge in [0.25, 0.3) is 0 Å². The molecule has 156 valence electrons. The van der Waals surface area contributed by atoms with Crippen molar-refractivity contribution in [3.05, 3.63) is 41.2 Å². The maximum absolute atomic E-state index is 12.3. The molecule has 0 radical (unpaired) electrons. The van der Waals surface area contributed by atoms with Crippen molar-refractivity contribution < 1.29 is 27.5 Å². The van der Waals surface area contributed by atoms with Crippen LogP contribution in [0.5, 0.6) is 5.88 Å². The summed E-state index contributed by atoms with van der Waals surface area (Å²) in [4.78, 5) is 27.4. The van der Waals surface area contributed by atoms with E-state index in [9.17, 15) is 22.8 Å². The standard InChI is InChI=1S/C18H20F3N5O3/c1-10-6-14(25-26-17(10)29-9-18(19,20)21)8-16(28)23-11(2)13-4-5-22-15(7-13)24-12(3)27/h4-7,11H,8-9H2,1-3H3,(H,23,28)(H,22,24,27). The molecule has 0 aliphatic heterocycles. The van der Waals surface area contributed by atoms with Crippen molar-refractivity contribution >= 4 is 17.6 Å². The number of rotatable bonds is 7. The number of carbonyl (C=O) groups is 2. The summed E-state index contributed by atoms with van der Waals surface area (Å²) in [6, 6.07) is 4.42. The van der Waals surface area contributed by atoms with E-state index in [1.807, 2.05) is 0 Å². The number of ether oxygens (including phenoxy) is 1. The zero-order valence-corrected chi connectivity index (χ0v) is 16.0. The van der Waals surface area contributed by atoms with Gasteiger partial charge in [-0.25, -0.2) is 4.98 Å². The lowest BCUT2D eigenvalue weighted by Crippen LogP contribution is -2.28. The van der Waals surface area contributed by atoms with Crippen LogP contribution in [0.2, 0.25) is 0 Å². The van der Waals surface area contributed by atoms with E-state index in [1.165, 1.54) is 26.1 Å². The Hall–Kier alpha value is -3.24. The van der Waals surface area contributed by atoms with Crippen LogP contribution in [0.1, 0.15) is 36.7 Å². The molecule has 0 saturated heterocycles. The predicted molar refractivity (Wildman–Crippen MR) is 97.1 cm³/mol. The van der Waals surface area contributed by atoms with Gasteiger partial charge in [-0.3, -0.25) is 9.59 Å². The first kappa shape index (κ1) is 22.1. The van der Waals surface area contributed by atoms with Crippen LogP contribution in [0.15, 0.2) is 24.4 Å². The van der Waals surface area contributed by atoms with Gasteiger partial charge < -0.3 is 15.4 Å². The van der Waals surface area contributed by atoms with E-state index in [-0.39, 0.29) is 30.2 Å². The first-order valence-corrected chi connectivity index (χ1v) is 8.59. The number of pyridine rings is 1. The zero-order chi connectivity index (χ0) is 21.6. The van der Waals surface area contributed by atoms with E-state index >= 15 is 0 Å². The minimum absolute atomic E-state index is 0.110. The third kappa shape index (κ3) is 7.35. The number of aryl methyl sites for hydroxylation is 1. The van der Waals surface area contributed by atoms with Gasteiger partial charge in [-0.1, -0.05) is 0 Å². The number of nitrogens with one attached hydrogen (secondary N) is 2. The molecule has 8 nitrogen and oxygen atoms in total. The van der Waals surface area contributed by atoms with Gasteiger partial charge in [-0.2, -0.15) is 18.3 Å². The fourth-order valence-electron chi connectivity index (χ4n) is 2.41. The van der Waals surface area contributed by atoms with Crippen LogP contribution in [-0.2, 0) is 16.0 Å². The molecule has 11 heteroatoms. The lowest BCUT2D eigenvalue weighted by atomic mass is 10.1.